The molecule has 29 heavy (non-hydrogen) atoms. The summed E-state index contributed by atoms with van der Waals surface area (Å²) in [5.74, 6) is 0.810. The lowest BCUT2D eigenvalue weighted by Crippen LogP contribution is -2.47. The maximum absolute atomic E-state index is 12.6. The van der Waals surface area contributed by atoms with E-state index in [1.54, 1.807) is 4.90 Å². The number of alkyl halides is 3. The Labute approximate surface area is 167 Å². The zero-order chi connectivity index (χ0) is 20.4. The van der Waals surface area contributed by atoms with Gasteiger partial charge in [0.2, 0.25) is 0 Å². The highest BCUT2D eigenvalue weighted by molar-refractivity contribution is 5.75. The summed E-state index contributed by atoms with van der Waals surface area (Å²) < 4.78 is 43.7. The van der Waals surface area contributed by atoms with Gasteiger partial charge in [0.25, 0.3) is 0 Å². The first-order chi connectivity index (χ1) is 13.9. The molecule has 4 nitrogen and oxygen atoms in total. The Morgan fingerprint density at radius 1 is 1.00 bits per heavy atom. The first kappa shape index (κ1) is 19.6. The third-order valence-corrected chi connectivity index (χ3v) is 5.54. The molecule has 2 fully saturated rings. The highest BCUT2D eigenvalue weighted by Crippen LogP contribution is 2.40. The first-order valence-electron chi connectivity index (χ1n) is 9.84. The van der Waals surface area contributed by atoms with E-state index >= 15 is 0 Å². The number of hydrogen-bond acceptors (Lipinski definition) is 2. The van der Waals surface area contributed by atoms with E-state index in [1.165, 1.54) is 17.7 Å². The average Bonchev–Trinajstić information content (AvgIpc) is 3.48. The second-order valence-corrected chi connectivity index (χ2v) is 7.64. The fourth-order valence-electron chi connectivity index (χ4n) is 3.76. The van der Waals surface area contributed by atoms with Crippen LogP contribution >= 0.6 is 0 Å². The van der Waals surface area contributed by atoms with Crippen molar-refractivity contribution in [2.45, 2.75) is 43.5 Å². The quantitative estimate of drug-likeness (QED) is 0.794. The van der Waals surface area contributed by atoms with Gasteiger partial charge in [-0.1, -0.05) is 30.3 Å². The molecule has 1 aliphatic carbocycles. The third-order valence-electron chi connectivity index (χ3n) is 5.54. The monoisotopic (exact) mass is 404 g/mol. The number of carbonyl (C=O) groups is 1. The van der Waals surface area contributed by atoms with Crippen LogP contribution in [0.15, 0.2) is 54.6 Å². The molecule has 1 saturated carbocycles. The number of nitrogens with zero attached hydrogens (tertiary/aromatic N) is 1. The molecule has 2 aliphatic rings. The Kier molecular flexibility index (Phi) is 5.39. The molecule has 1 N–H and O–H groups in total. The highest BCUT2D eigenvalue weighted by atomic mass is 19.4. The number of benzene rings is 2. The molecule has 0 unspecified atom stereocenters. The fraction of sp³-hybridized carbons (Fsp3) is 0.409. The summed E-state index contributed by atoms with van der Waals surface area (Å²) in [4.78, 5) is 14.3. The van der Waals surface area contributed by atoms with Crippen molar-refractivity contribution < 1.29 is 22.7 Å². The minimum atomic E-state index is -4.35. The molecule has 4 rings (SSSR count). The van der Waals surface area contributed by atoms with Crippen LogP contribution in [0.5, 0.6) is 5.75 Å². The van der Waals surface area contributed by atoms with Crippen molar-refractivity contribution in [1.82, 2.24) is 10.2 Å². The summed E-state index contributed by atoms with van der Waals surface area (Å²) in [5, 5.41) is 3.10. The van der Waals surface area contributed by atoms with Gasteiger partial charge in [-0.3, -0.25) is 0 Å². The van der Waals surface area contributed by atoms with Gasteiger partial charge in [0.15, 0.2) is 0 Å². The SMILES string of the molecule is O=C(N[C@H]1C[C@@H]1c1ccccc1)N1CCC(Oc2ccc(C(F)(F)F)cc2)CC1. The number of amides is 2. The smallest absolute Gasteiger partial charge is 0.416 e. The molecule has 1 saturated heterocycles. The number of piperidine rings is 1. The summed E-state index contributed by atoms with van der Waals surface area (Å²) in [5.41, 5.74) is 0.562. The van der Waals surface area contributed by atoms with Crippen molar-refractivity contribution in [1.29, 1.82) is 0 Å². The van der Waals surface area contributed by atoms with E-state index in [2.05, 4.69) is 17.4 Å². The summed E-state index contributed by atoms with van der Waals surface area (Å²) in [6.45, 7) is 1.14. The van der Waals surface area contributed by atoms with E-state index in [9.17, 15) is 18.0 Å². The number of rotatable bonds is 4. The minimum Gasteiger partial charge on any atom is -0.490 e. The third kappa shape index (κ3) is 4.83. The van der Waals surface area contributed by atoms with Crippen molar-refractivity contribution in [3.63, 3.8) is 0 Å². The highest BCUT2D eigenvalue weighted by Gasteiger charge is 2.40. The largest absolute Gasteiger partial charge is 0.490 e. The van der Waals surface area contributed by atoms with Crippen LogP contribution in [0.25, 0.3) is 0 Å². The predicted octanol–water partition coefficient (Wildman–Crippen LogP) is 4.81. The first-order valence-corrected chi connectivity index (χ1v) is 9.84. The van der Waals surface area contributed by atoms with Crippen molar-refractivity contribution in [2.24, 2.45) is 0 Å². The molecule has 0 bridgehead atoms. The molecule has 1 aliphatic heterocycles. The maximum atomic E-state index is 12.6. The maximum Gasteiger partial charge on any atom is 0.416 e. The van der Waals surface area contributed by atoms with Crippen LogP contribution < -0.4 is 10.1 Å². The van der Waals surface area contributed by atoms with E-state index in [4.69, 9.17) is 4.74 Å². The van der Waals surface area contributed by atoms with Crippen molar-refractivity contribution >= 4 is 6.03 Å². The molecule has 7 heteroatoms. The summed E-state index contributed by atoms with van der Waals surface area (Å²) in [6.07, 6.45) is -2.18. The summed E-state index contributed by atoms with van der Waals surface area (Å²) in [6, 6.07) is 15.0. The fourth-order valence-corrected chi connectivity index (χ4v) is 3.76. The van der Waals surface area contributed by atoms with E-state index in [-0.39, 0.29) is 18.2 Å². The van der Waals surface area contributed by atoms with Crippen LogP contribution in [0.2, 0.25) is 0 Å². The van der Waals surface area contributed by atoms with Gasteiger partial charge in [-0.15, -0.1) is 0 Å². The molecule has 154 valence electrons. The van der Waals surface area contributed by atoms with Gasteiger partial charge in [0, 0.05) is 37.9 Å². The number of likely N-dealkylation sites (tertiary alicyclic amines) is 1. The van der Waals surface area contributed by atoms with Gasteiger partial charge in [-0.05, 0) is 36.2 Å². The van der Waals surface area contributed by atoms with Crippen LogP contribution in [-0.2, 0) is 6.18 Å². The number of urea groups is 1. The number of carbonyl (C=O) groups excluding carboxylic acids is 1. The molecule has 2 aromatic carbocycles. The van der Waals surface area contributed by atoms with E-state index in [0.717, 1.165) is 18.6 Å². The second-order valence-electron chi connectivity index (χ2n) is 7.64. The Hall–Kier alpha value is -2.70. The molecular formula is C22H23F3N2O2. The zero-order valence-electron chi connectivity index (χ0n) is 15.9. The average molecular weight is 404 g/mol. The molecule has 1 heterocycles. The summed E-state index contributed by atoms with van der Waals surface area (Å²) >= 11 is 0. The number of nitrogens with one attached hydrogen (secondary N) is 1. The van der Waals surface area contributed by atoms with Crippen LogP contribution in [-0.4, -0.2) is 36.2 Å². The lowest BCUT2D eigenvalue weighted by Gasteiger charge is -2.32. The summed E-state index contributed by atoms with van der Waals surface area (Å²) in [7, 11) is 0. The van der Waals surface area contributed by atoms with Crippen molar-refractivity contribution in [3.8, 4) is 5.75 Å². The number of halogens is 3. The van der Waals surface area contributed by atoms with Gasteiger partial charge in [0.05, 0.1) is 5.56 Å². The van der Waals surface area contributed by atoms with Gasteiger partial charge in [-0.2, -0.15) is 13.2 Å². The lowest BCUT2D eigenvalue weighted by atomic mass is 10.1. The molecular weight excluding hydrogens is 381 g/mol. The Balaban J connectivity index is 1.22. The number of ether oxygens (including phenoxy) is 1. The molecule has 2 aromatic rings. The zero-order valence-corrected chi connectivity index (χ0v) is 15.9. The van der Waals surface area contributed by atoms with Crippen LogP contribution in [0, 0.1) is 0 Å². The van der Waals surface area contributed by atoms with Crippen LogP contribution in [0.4, 0.5) is 18.0 Å². The Bertz CT molecular complexity index is 831. The lowest BCUT2D eigenvalue weighted by molar-refractivity contribution is -0.137. The minimum absolute atomic E-state index is 0.0542. The van der Waals surface area contributed by atoms with E-state index in [1.807, 2.05) is 18.2 Å². The van der Waals surface area contributed by atoms with E-state index < -0.39 is 11.7 Å². The second kappa shape index (κ2) is 7.97. The van der Waals surface area contributed by atoms with Gasteiger partial charge < -0.3 is 15.0 Å². The Morgan fingerprint density at radius 2 is 1.66 bits per heavy atom. The standard InChI is InChI=1S/C22H23F3N2O2/c23-22(24,25)16-6-8-17(9-7-16)29-18-10-12-27(13-11-18)21(28)26-20-14-19(20)15-4-2-1-3-5-15/h1-9,18-20H,10-14H2,(H,26,28)/t19-,20+/m1/s1. The molecule has 0 spiro atoms. The van der Waals surface area contributed by atoms with Crippen LogP contribution in [0.3, 0.4) is 0 Å². The van der Waals surface area contributed by atoms with Gasteiger partial charge in [-0.25, -0.2) is 4.79 Å². The molecule has 0 aromatic heterocycles. The van der Waals surface area contributed by atoms with Gasteiger partial charge >= 0.3 is 12.2 Å². The topological polar surface area (TPSA) is 41.6 Å². The molecule has 2 atom stereocenters. The van der Waals surface area contributed by atoms with Crippen LogP contribution in [0.1, 0.15) is 36.3 Å². The Morgan fingerprint density at radius 3 is 2.28 bits per heavy atom. The van der Waals surface area contributed by atoms with E-state index in [0.29, 0.717) is 37.6 Å². The van der Waals surface area contributed by atoms with Crippen molar-refractivity contribution in [3.05, 3.63) is 65.7 Å². The molecule has 2 amide bonds. The van der Waals surface area contributed by atoms with Crippen molar-refractivity contribution in [2.75, 3.05) is 13.1 Å². The predicted molar refractivity (Wildman–Crippen MR) is 103 cm³/mol. The molecule has 0 radical (unpaired) electrons. The number of hydrogen-bond donors (Lipinski definition) is 1. The van der Waals surface area contributed by atoms with Gasteiger partial charge in [0.1, 0.15) is 11.9 Å². The normalized spacial score (nSPS) is 22.2.